The number of benzene rings is 1. The first-order valence-electron chi connectivity index (χ1n) is 5.80. The molecule has 0 unspecified atom stereocenters. The van der Waals surface area contributed by atoms with Crippen LogP contribution in [0.15, 0.2) is 18.2 Å². The van der Waals surface area contributed by atoms with Crippen LogP contribution in [0, 0.1) is 12.7 Å². The molecule has 0 spiro atoms. The molecule has 1 aliphatic heterocycles. The summed E-state index contributed by atoms with van der Waals surface area (Å²) >= 11 is 0. The molecule has 0 aromatic heterocycles. The predicted molar refractivity (Wildman–Crippen MR) is 61.7 cm³/mol. The van der Waals surface area contributed by atoms with Gasteiger partial charge in [-0.15, -0.1) is 0 Å². The van der Waals surface area contributed by atoms with E-state index in [4.69, 9.17) is 0 Å². The number of likely N-dealkylation sites (tertiary alicyclic amines) is 1. The first-order valence-corrected chi connectivity index (χ1v) is 5.80. The average Bonchev–Trinajstić information content (AvgIpc) is 2.27. The highest BCUT2D eigenvalue weighted by molar-refractivity contribution is 5.26. The molecule has 0 bridgehead atoms. The monoisotopic (exact) mass is 223 g/mol. The smallest absolute Gasteiger partial charge is 0.123 e. The van der Waals surface area contributed by atoms with Gasteiger partial charge in [0.15, 0.2) is 0 Å². The third-order valence-electron chi connectivity index (χ3n) is 3.26. The van der Waals surface area contributed by atoms with E-state index < -0.39 is 0 Å². The Kier molecular flexibility index (Phi) is 3.56. The fourth-order valence-electron chi connectivity index (χ4n) is 2.13. The van der Waals surface area contributed by atoms with E-state index in [-0.39, 0.29) is 11.9 Å². The lowest BCUT2D eigenvalue weighted by Crippen LogP contribution is -2.35. The van der Waals surface area contributed by atoms with Crippen molar-refractivity contribution in [2.75, 3.05) is 13.1 Å². The van der Waals surface area contributed by atoms with Crippen LogP contribution in [0.5, 0.6) is 0 Å². The second kappa shape index (κ2) is 4.93. The summed E-state index contributed by atoms with van der Waals surface area (Å²) in [5, 5.41) is 9.41. The fraction of sp³-hybridized carbons (Fsp3) is 0.538. The zero-order valence-electron chi connectivity index (χ0n) is 9.62. The molecule has 1 heterocycles. The third-order valence-corrected chi connectivity index (χ3v) is 3.26. The van der Waals surface area contributed by atoms with Gasteiger partial charge in [-0.25, -0.2) is 4.39 Å². The van der Waals surface area contributed by atoms with E-state index in [9.17, 15) is 9.50 Å². The van der Waals surface area contributed by atoms with Crippen molar-refractivity contribution < 1.29 is 9.50 Å². The molecule has 0 atom stereocenters. The SMILES string of the molecule is Cc1ccc(F)cc1CN1CCC(O)CC1. The molecule has 88 valence electrons. The van der Waals surface area contributed by atoms with Crippen molar-refractivity contribution in [1.82, 2.24) is 4.90 Å². The van der Waals surface area contributed by atoms with Gasteiger partial charge in [-0.05, 0) is 43.0 Å². The van der Waals surface area contributed by atoms with Gasteiger partial charge < -0.3 is 5.11 Å². The number of nitrogens with zero attached hydrogens (tertiary/aromatic N) is 1. The van der Waals surface area contributed by atoms with Gasteiger partial charge in [0.25, 0.3) is 0 Å². The second-order valence-electron chi connectivity index (χ2n) is 4.58. The number of piperidine rings is 1. The second-order valence-corrected chi connectivity index (χ2v) is 4.58. The minimum Gasteiger partial charge on any atom is -0.393 e. The molecule has 1 fully saturated rings. The maximum Gasteiger partial charge on any atom is 0.123 e. The van der Waals surface area contributed by atoms with E-state index in [2.05, 4.69) is 4.90 Å². The number of aliphatic hydroxyl groups excluding tert-OH is 1. The lowest BCUT2D eigenvalue weighted by Gasteiger charge is -2.29. The van der Waals surface area contributed by atoms with Gasteiger partial charge in [0.2, 0.25) is 0 Å². The topological polar surface area (TPSA) is 23.5 Å². The Morgan fingerprint density at radius 1 is 1.38 bits per heavy atom. The van der Waals surface area contributed by atoms with Gasteiger partial charge in [0.1, 0.15) is 5.82 Å². The van der Waals surface area contributed by atoms with Crippen LogP contribution in [0.1, 0.15) is 24.0 Å². The summed E-state index contributed by atoms with van der Waals surface area (Å²) in [5.74, 6) is -0.169. The van der Waals surface area contributed by atoms with Gasteiger partial charge in [0.05, 0.1) is 6.10 Å². The van der Waals surface area contributed by atoms with Gasteiger partial charge in [0, 0.05) is 19.6 Å². The summed E-state index contributed by atoms with van der Waals surface area (Å²) in [6.45, 7) is 4.60. The molecule has 0 amide bonds. The number of halogens is 1. The van der Waals surface area contributed by atoms with Crippen molar-refractivity contribution >= 4 is 0 Å². The number of hydrogen-bond acceptors (Lipinski definition) is 2. The first-order chi connectivity index (χ1) is 7.65. The van der Waals surface area contributed by atoms with Crippen molar-refractivity contribution in [3.05, 3.63) is 35.1 Å². The summed E-state index contributed by atoms with van der Waals surface area (Å²) in [5.41, 5.74) is 2.18. The van der Waals surface area contributed by atoms with E-state index in [1.165, 1.54) is 6.07 Å². The highest BCUT2D eigenvalue weighted by Crippen LogP contribution is 2.16. The van der Waals surface area contributed by atoms with Crippen molar-refractivity contribution in [3.63, 3.8) is 0 Å². The summed E-state index contributed by atoms with van der Waals surface area (Å²) < 4.78 is 13.1. The maximum absolute atomic E-state index is 13.1. The van der Waals surface area contributed by atoms with E-state index in [0.717, 1.165) is 43.6 Å². The number of aliphatic hydroxyl groups is 1. The van der Waals surface area contributed by atoms with Crippen LogP contribution >= 0.6 is 0 Å². The lowest BCUT2D eigenvalue weighted by atomic mass is 10.0. The molecule has 1 aliphatic rings. The van der Waals surface area contributed by atoms with Crippen LogP contribution in [0.25, 0.3) is 0 Å². The molecule has 2 rings (SSSR count). The molecule has 1 aromatic rings. The number of aryl methyl sites for hydroxylation is 1. The van der Waals surface area contributed by atoms with Crippen LogP contribution in [0.3, 0.4) is 0 Å². The Bertz CT molecular complexity index is 359. The standard InChI is InChI=1S/C13H18FNO/c1-10-2-3-12(14)8-11(10)9-15-6-4-13(16)5-7-15/h2-3,8,13,16H,4-7,9H2,1H3. The third kappa shape index (κ3) is 2.80. The van der Waals surface area contributed by atoms with Gasteiger partial charge >= 0.3 is 0 Å². The van der Waals surface area contributed by atoms with Crippen molar-refractivity contribution in [3.8, 4) is 0 Å². The molecule has 1 saturated heterocycles. The van der Waals surface area contributed by atoms with Gasteiger partial charge in [-0.3, -0.25) is 4.90 Å². The highest BCUT2D eigenvalue weighted by Gasteiger charge is 2.17. The number of hydrogen-bond donors (Lipinski definition) is 1. The summed E-state index contributed by atoms with van der Waals surface area (Å²) in [6.07, 6.45) is 1.51. The largest absolute Gasteiger partial charge is 0.393 e. The first kappa shape index (κ1) is 11.6. The quantitative estimate of drug-likeness (QED) is 0.830. The summed E-state index contributed by atoms with van der Waals surface area (Å²) in [7, 11) is 0. The van der Waals surface area contributed by atoms with E-state index in [1.807, 2.05) is 13.0 Å². The zero-order valence-corrected chi connectivity index (χ0v) is 9.62. The maximum atomic E-state index is 13.1. The molecule has 0 radical (unpaired) electrons. The normalized spacial score (nSPS) is 18.9. The van der Waals surface area contributed by atoms with Crippen molar-refractivity contribution in [1.29, 1.82) is 0 Å². The molecule has 16 heavy (non-hydrogen) atoms. The van der Waals surface area contributed by atoms with Crippen LogP contribution in [0.2, 0.25) is 0 Å². The van der Waals surface area contributed by atoms with Crippen molar-refractivity contribution in [2.24, 2.45) is 0 Å². The molecule has 0 saturated carbocycles. The average molecular weight is 223 g/mol. The molecule has 1 aromatic carbocycles. The van der Waals surface area contributed by atoms with Crippen LogP contribution in [-0.4, -0.2) is 29.2 Å². The van der Waals surface area contributed by atoms with E-state index >= 15 is 0 Å². The molecular weight excluding hydrogens is 205 g/mol. The van der Waals surface area contributed by atoms with E-state index in [1.54, 1.807) is 6.07 Å². The Morgan fingerprint density at radius 3 is 2.75 bits per heavy atom. The lowest BCUT2D eigenvalue weighted by molar-refractivity contribution is 0.0791. The van der Waals surface area contributed by atoms with E-state index in [0.29, 0.717) is 0 Å². The Labute approximate surface area is 95.7 Å². The van der Waals surface area contributed by atoms with Crippen LogP contribution in [-0.2, 0) is 6.54 Å². The van der Waals surface area contributed by atoms with Crippen LogP contribution in [0.4, 0.5) is 4.39 Å². The molecule has 1 N–H and O–H groups in total. The Hall–Kier alpha value is -0.930. The Balaban J connectivity index is 2.00. The van der Waals surface area contributed by atoms with Gasteiger partial charge in [-0.1, -0.05) is 6.07 Å². The molecule has 2 nitrogen and oxygen atoms in total. The fourth-order valence-corrected chi connectivity index (χ4v) is 2.13. The molecular formula is C13H18FNO. The van der Waals surface area contributed by atoms with Crippen LogP contribution < -0.4 is 0 Å². The molecule has 0 aliphatic carbocycles. The zero-order chi connectivity index (χ0) is 11.5. The number of rotatable bonds is 2. The predicted octanol–water partition coefficient (Wildman–Crippen LogP) is 2.09. The summed E-state index contributed by atoms with van der Waals surface area (Å²) in [4.78, 5) is 2.27. The summed E-state index contributed by atoms with van der Waals surface area (Å²) in [6, 6.07) is 4.93. The Morgan fingerprint density at radius 2 is 2.06 bits per heavy atom. The minimum atomic E-state index is -0.169. The van der Waals surface area contributed by atoms with Gasteiger partial charge in [-0.2, -0.15) is 0 Å². The van der Waals surface area contributed by atoms with Crippen molar-refractivity contribution in [2.45, 2.75) is 32.4 Å². The minimum absolute atomic E-state index is 0.148. The highest BCUT2D eigenvalue weighted by atomic mass is 19.1. The molecule has 3 heteroatoms.